The maximum atomic E-state index is 11.8. The summed E-state index contributed by atoms with van der Waals surface area (Å²) >= 11 is 0. The summed E-state index contributed by atoms with van der Waals surface area (Å²) in [5, 5.41) is 2.50. The van der Waals surface area contributed by atoms with Gasteiger partial charge in [-0.25, -0.2) is 0 Å². The predicted molar refractivity (Wildman–Crippen MR) is 67.8 cm³/mol. The molecule has 0 saturated heterocycles. The van der Waals surface area contributed by atoms with Crippen LogP contribution in [-0.4, -0.2) is 31.4 Å². The molecular formula is C14H15NO3. The van der Waals surface area contributed by atoms with Crippen LogP contribution in [0.25, 0.3) is 0 Å². The first-order valence-corrected chi connectivity index (χ1v) is 5.50. The molecule has 0 aliphatic rings. The Hall–Kier alpha value is -2.12. The third-order valence-corrected chi connectivity index (χ3v) is 2.13. The van der Waals surface area contributed by atoms with E-state index < -0.39 is 6.04 Å². The summed E-state index contributed by atoms with van der Waals surface area (Å²) in [5.41, 5.74) is 0.754. The second kappa shape index (κ2) is 7.25. The Kier molecular flexibility index (Phi) is 5.62. The van der Waals surface area contributed by atoms with Crippen LogP contribution in [-0.2, 0) is 14.3 Å². The summed E-state index contributed by atoms with van der Waals surface area (Å²) in [7, 11) is 1.47. The van der Waals surface area contributed by atoms with Crippen LogP contribution in [0.4, 0.5) is 0 Å². The van der Waals surface area contributed by atoms with Crippen LogP contribution in [0.2, 0.25) is 0 Å². The van der Waals surface area contributed by atoms with E-state index in [-0.39, 0.29) is 18.3 Å². The number of rotatable bonds is 4. The Labute approximate surface area is 106 Å². The SMILES string of the molecule is COCC(NC(C)=O)C(=O)C#Cc1ccccc1. The van der Waals surface area contributed by atoms with Crippen LogP contribution in [0.1, 0.15) is 12.5 Å². The summed E-state index contributed by atoms with van der Waals surface area (Å²) in [6.45, 7) is 1.46. The van der Waals surface area contributed by atoms with Crippen molar-refractivity contribution in [2.75, 3.05) is 13.7 Å². The van der Waals surface area contributed by atoms with Crippen molar-refractivity contribution >= 4 is 11.7 Å². The number of hydrogen-bond donors (Lipinski definition) is 1. The topological polar surface area (TPSA) is 55.4 Å². The minimum absolute atomic E-state index is 0.113. The first-order valence-electron chi connectivity index (χ1n) is 5.50. The number of amides is 1. The molecule has 0 aliphatic heterocycles. The smallest absolute Gasteiger partial charge is 0.230 e. The van der Waals surface area contributed by atoms with E-state index in [0.29, 0.717) is 0 Å². The van der Waals surface area contributed by atoms with Crippen molar-refractivity contribution in [2.45, 2.75) is 13.0 Å². The minimum atomic E-state index is -0.719. The van der Waals surface area contributed by atoms with E-state index in [1.807, 2.05) is 30.3 Å². The van der Waals surface area contributed by atoms with Crippen LogP contribution in [0.5, 0.6) is 0 Å². The van der Waals surface area contributed by atoms with Crippen LogP contribution in [0, 0.1) is 11.8 Å². The highest BCUT2D eigenvalue weighted by Gasteiger charge is 2.16. The highest BCUT2D eigenvalue weighted by atomic mass is 16.5. The van der Waals surface area contributed by atoms with E-state index in [1.54, 1.807) is 0 Å². The molecule has 1 N–H and O–H groups in total. The Morgan fingerprint density at radius 2 is 2.00 bits per heavy atom. The van der Waals surface area contributed by atoms with Crippen molar-refractivity contribution in [3.63, 3.8) is 0 Å². The van der Waals surface area contributed by atoms with E-state index in [2.05, 4.69) is 17.2 Å². The molecule has 1 unspecified atom stereocenters. The Morgan fingerprint density at radius 3 is 2.56 bits per heavy atom. The molecule has 1 aromatic rings. The zero-order valence-corrected chi connectivity index (χ0v) is 10.4. The molecule has 1 atom stereocenters. The van der Waals surface area contributed by atoms with Gasteiger partial charge in [0.1, 0.15) is 6.04 Å². The summed E-state index contributed by atoms with van der Waals surface area (Å²) in [6, 6.07) is 8.46. The average molecular weight is 245 g/mol. The van der Waals surface area contributed by atoms with Gasteiger partial charge >= 0.3 is 0 Å². The van der Waals surface area contributed by atoms with Crippen molar-refractivity contribution in [2.24, 2.45) is 0 Å². The minimum Gasteiger partial charge on any atom is -0.382 e. The fraction of sp³-hybridized carbons (Fsp3) is 0.286. The largest absolute Gasteiger partial charge is 0.382 e. The lowest BCUT2D eigenvalue weighted by atomic mass is 10.1. The van der Waals surface area contributed by atoms with Gasteiger partial charge in [-0.15, -0.1) is 0 Å². The van der Waals surface area contributed by atoms with Gasteiger partial charge in [-0.2, -0.15) is 0 Å². The van der Waals surface area contributed by atoms with Gasteiger partial charge in [0.25, 0.3) is 0 Å². The third-order valence-electron chi connectivity index (χ3n) is 2.13. The molecule has 0 aromatic heterocycles. The van der Waals surface area contributed by atoms with Gasteiger partial charge in [0.15, 0.2) is 0 Å². The number of carbonyl (C=O) groups is 2. The van der Waals surface area contributed by atoms with Gasteiger partial charge in [0.05, 0.1) is 6.61 Å². The molecule has 94 valence electrons. The zero-order valence-electron chi connectivity index (χ0n) is 10.4. The van der Waals surface area contributed by atoms with Gasteiger partial charge in [0.2, 0.25) is 11.7 Å². The van der Waals surface area contributed by atoms with Crippen LogP contribution in [0.15, 0.2) is 30.3 Å². The number of ketones is 1. The van der Waals surface area contributed by atoms with Crippen molar-refractivity contribution < 1.29 is 14.3 Å². The van der Waals surface area contributed by atoms with Crippen LogP contribution in [0.3, 0.4) is 0 Å². The van der Waals surface area contributed by atoms with Gasteiger partial charge in [-0.3, -0.25) is 9.59 Å². The Balaban J connectivity index is 2.73. The number of nitrogens with one attached hydrogen (secondary N) is 1. The number of Topliss-reactive ketones (excluding diaryl/α,β-unsaturated/α-hetero) is 1. The predicted octanol–water partition coefficient (Wildman–Crippen LogP) is 0.758. The standard InChI is InChI=1S/C14H15NO3/c1-11(16)15-13(10-18-2)14(17)9-8-12-6-4-3-5-7-12/h3-7,13H,10H2,1-2H3,(H,15,16). The quantitative estimate of drug-likeness (QED) is 0.797. The number of ether oxygens (including phenoxy) is 1. The molecule has 0 spiro atoms. The molecule has 0 radical (unpaired) electrons. The second-order valence-electron chi connectivity index (χ2n) is 3.69. The van der Waals surface area contributed by atoms with Crippen molar-refractivity contribution in [3.8, 4) is 11.8 Å². The normalized spacial score (nSPS) is 11.0. The summed E-state index contributed by atoms with van der Waals surface area (Å²) < 4.78 is 4.87. The first kappa shape index (κ1) is 13.9. The summed E-state index contributed by atoms with van der Waals surface area (Å²) in [5.74, 6) is 4.61. The number of benzene rings is 1. The molecule has 1 rings (SSSR count). The lowest BCUT2D eigenvalue weighted by Gasteiger charge is -2.12. The van der Waals surface area contributed by atoms with E-state index in [0.717, 1.165) is 5.56 Å². The summed E-state index contributed by atoms with van der Waals surface area (Å²) in [6.07, 6.45) is 0. The molecule has 4 nitrogen and oxygen atoms in total. The lowest BCUT2D eigenvalue weighted by molar-refractivity contribution is -0.125. The van der Waals surface area contributed by atoms with E-state index in [9.17, 15) is 9.59 Å². The molecule has 18 heavy (non-hydrogen) atoms. The van der Waals surface area contributed by atoms with E-state index >= 15 is 0 Å². The maximum absolute atomic E-state index is 11.8. The molecule has 4 heteroatoms. The fourth-order valence-electron chi connectivity index (χ4n) is 1.34. The van der Waals surface area contributed by atoms with Crippen LogP contribution < -0.4 is 5.32 Å². The van der Waals surface area contributed by atoms with Gasteiger partial charge < -0.3 is 10.1 Å². The van der Waals surface area contributed by atoms with E-state index in [1.165, 1.54) is 14.0 Å². The molecule has 0 fully saturated rings. The average Bonchev–Trinajstić information content (AvgIpc) is 2.36. The Bertz CT molecular complexity index is 471. The zero-order chi connectivity index (χ0) is 13.4. The lowest BCUT2D eigenvalue weighted by Crippen LogP contribution is -2.42. The van der Waals surface area contributed by atoms with E-state index in [4.69, 9.17) is 4.74 Å². The van der Waals surface area contributed by atoms with Crippen LogP contribution >= 0.6 is 0 Å². The van der Waals surface area contributed by atoms with Crippen molar-refractivity contribution in [3.05, 3.63) is 35.9 Å². The number of methoxy groups -OCH3 is 1. The molecule has 1 amide bonds. The third kappa shape index (κ3) is 4.81. The molecule has 0 bridgehead atoms. The molecular weight excluding hydrogens is 230 g/mol. The maximum Gasteiger partial charge on any atom is 0.230 e. The fourth-order valence-corrected chi connectivity index (χ4v) is 1.34. The van der Waals surface area contributed by atoms with Gasteiger partial charge in [0, 0.05) is 19.6 Å². The van der Waals surface area contributed by atoms with Crippen molar-refractivity contribution in [1.82, 2.24) is 5.32 Å². The highest BCUT2D eigenvalue weighted by Crippen LogP contribution is 1.95. The first-order chi connectivity index (χ1) is 8.63. The number of hydrogen-bond acceptors (Lipinski definition) is 3. The second-order valence-corrected chi connectivity index (χ2v) is 3.69. The molecule has 0 heterocycles. The molecule has 0 saturated carbocycles. The molecule has 0 aliphatic carbocycles. The number of carbonyl (C=O) groups excluding carboxylic acids is 2. The Morgan fingerprint density at radius 1 is 1.33 bits per heavy atom. The summed E-state index contributed by atoms with van der Waals surface area (Å²) in [4.78, 5) is 22.7. The van der Waals surface area contributed by atoms with Gasteiger partial charge in [-0.05, 0) is 18.1 Å². The monoisotopic (exact) mass is 245 g/mol. The highest BCUT2D eigenvalue weighted by molar-refractivity contribution is 6.01. The molecule has 1 aromatic carbocycles. The van der Waals surface area contributed by atoms with Gasteiger partial charge in [-0.1, -0.05) is 24.1 Å². The van der Waals surface area contributed by atoms with Crippen molar-refractivity contribution in [1.29, 1.82) is 0 Å².